The summed E-state index contributed by atoms with van der Waals surface area (Å²) in [6.45, 7) is 2.15. The number of halogens is 2. The average molecular weight is 274 g/mol. The monoisotopic (exact) mass is 273 g/mol. The molecule has 1 heterocycles. The van der Waals surface area contributed by atoms with E-state index < -0.39 is 5.97 Å². The summed E-state index contributed by atoms with van der Waals surface area (Å²) < 4.78 is 0. The second-order valence-corrected chi connectivity index (χ2v) is 4.43. The molecule has 0 spiro atoms. The van der Waals surface area contributed by atoms with Crippen LogP contribution >= 0.6 is 23.2 Å². The van der Waals surface area contributed by atoms with Crippen LogP contribution in [0.25, 0.3) is 0 Å². The van der Waals surface area contributed by atoms with Crippen LogP contribution in [-0.2, 0) is 4.84 Å². The van der Waals surface area contributed by atoms with Crippen LogP contribution in [0.5, 0.6) is 0 Å². The molecule has 0 atom stereocenters. The Kier molecular flexibility index (Phi) is 3.26. The van der Waals surface area contributed by atoms with Gasteiger partial charge in [0.15, 0.2) is 0 Å². The molecule has 1 N–H and O–H groups in total. The van der Waals surface area contributed by atoms with Gasteiger partial charge in [-0.1, -0.05) is 28.4 Å². The Hall–Kier alpha value is -1.26. The van der Waals surface area contributed by atoms with Crippen LogP contribution in [0.4, 0.5) is 0 Å². The molecular weight excluding hydrogens is 265 g/mol. The summed E-state index contributed by atoms with van der Waals surface area (Å²) in [5.41, 5.74) is 1.88. The summed E-state index contributed by atoms with van der Waals surface area (Å²) in [4.78, 5) is 16.0. The van der Waals surface area contributed by atoms with Gasteiger partial charge in [0.2, 0.25) is 0 Å². The Morgan fingerprint density at radius 1 is 1.53 bits per heavy atom. The van der Waals surface area contributed by atoms with Crippen molar-refractivity contribution in [2.45, 2.75) is 13.3 Å². The molecule has 0 aliphatic carbocycles. The normalized spacial score (nSPS) is 14.4. The van der Waals surface area contributed by atoms with Crippen molar-refractivity contribution >= 4 is 34.9 Å². The molecule has 0 saturated carbocycles. The topological polar surface area (TPSA) is 58.9 Å². The number of oxime groups is 1. The third-order valence-electron chi connectivity index (χ3n) is 2.60. The third kappa shape index (κ3) is 2.10. The van der Waals surface area contributed by atoms with E-state index in [2.05, 4.69) is 5.16 Å². The first-order valence-corrected chi connectivity index (χ1v) is 5.69. The summed E-state index contributed by atoms with van der Waals surface area (Å²) in [5, 5.41) is 13.5. The standard InChI is InChI=1S/C11H9Cl2NO3/c1-5-6(11(15)16)4-7(12)10(13)9(5)8-2-3-17-14-8/h4H,2-3H2,1H3,(H,15,16). The van der Waals surface area contributed by atoms with Gasteiger partial charge < -0.3 is 9.94 Å². The molecule has 0 bridgehead atoms. The van der Waals surface area contributed by atoms with Crippen molar-refractivity contribution in [3.8, 4) is 0 Å². The summed E-state index contributed by atoms with van der Waals surface area (Å²) in [5.74, 6) is -1.04. The minimum Gasteiger partial charge on any atom is -0.478 e. The Bertz CT molecular complexity index is 526. The summed E-state index contributed by atoms with van der Waals surface area (Å²) in [6, 6.07) is 1.35. The molecule has 4 nitrogen and oxygen atoms in total. The van der Waals surface area contributed by atoms with E-state index in [0.717, 1.165) is 0 Å². The highest BCUT2D eigenvalue weighted by Gasteiger charge is 2.23. The molecule has 0 amide bonds. The van der Waals surface area contributed by atoms with E-state index in [1.54, 1.807) is 6.92 Å². The molecule has 0 unspecified atom stereocenters. The highest BCUT2D eigenvalue weighted by Crippen LogP contribution is 2.33. The van der Waals surface area contributed by atoms with Gasteiger partial charge in [-0.2, -0.15) is 0 Å². The second-order valence-electron chi connectivity index (χ2n) is 3.65. The van der Waals surface area contributed by atoms with Gasteiger partial charge in [0.05, 0.1) is 21.3 Å². The lowest BCUT2D eigenvalue weighted by atomic mass is 9.97. The molecule has 0 aromatic heterocycles. The Balaban J connectivity index is 2.68. The van der Waals surface area contributed by atoms with Crippen molar-refractivity contribution in [1.82, 2.24) is 0 Å². The summed E-state index contributed by atoms with van der Waals surface area (Å²) >= 11 is 12.0. The Morgan fingerprint density at radius 3 is 2.76 bits per heavy atom. The van der Waals surface area contributed by atoms with Gasteiger partial charge >= 0.3 is 5.97 Å². The van der Waals surface area contributed by atoms with Gasteiger partial charge in [-0.25, -0.2) is 4.79 Å². The zero-order valence-electron chi connectivity index (χ0n) is 8.96. The molecule has 17 heavy (non-hydrogen) atoms. The van der Waals surface area contributed by atoms with Crippen LogP contribution < -0.4 is 0 Å². The van der Waals surface area contributed by atoms with E-state index in [0.29, 0.717) is 34.9 Å². The van der Waals surface area contributed by atoms with Crippen molar-refractivity contribution in [3.05, 3.63) is 32.8 Å². The summed E-state index contributed by atoms with van der Waals surface area (Å²) in [7, 11) is 0. The number of hydrogen-bond acceptors (Lipinski definition) is 3. The predicted octanol–water partition coefficient (Wildman–Crippen LogP) is 3.12. The Morgan fingerprint density at radius 2 is 2.24 bits per heavy atom. The number of nitrogens with zero attached hydrogens (tertiary/aromatic N) is 1. The molecule has 0 radical (unpaired) electrons. The molecule has 0 saturated heterocycles. The molecule has 1 aliphatic heterocycles. The van der Waals surface area contributed by atoms with Crippen LogP contribution in [0, 0.1) is 6.92 Å². The highest BCUT2D eigenvalue weighted by atomic mass is 35.5. The Labute approximate surface area is 108 Å². The van der Waals surface area contributed by atoms with Crippen molar-refractivity contribution in [3.63, 3.8) is 0 Å². The van der Waals surface area contributed by atoms with E-state index in [9.17, 15) is 4.79 Å². The van der Waals surface area contributed by atoms with E-state index in [-0.39, 0.29) is 10.6 Å². The molecule has 90 valence electrons. The first-order valence-electron chi connectivity index (χ1n) is 4.93. The minimum atomic E-state index is -1.04. The SMILES string of the molecule is Cc1c(C(=O)O)cc(Cl)c(Cl)c1C1=NOCC1. The van der Waals surface area contributed by atoms with Crippen LogP contribution in [-0.4, -0.2) is 23.4 Å². The fraction of sp³-hybridized carbons (Fsp3) is 0.273. The van der Waals surface area contributed by atoms with Crippen LogP contribution in [0.3, 0.4) is 0 Å². The van der Waals surface area contributed by atoms with Crippen molar-refractivity contribution in [2.24, 2.45) is 5.16 Å². The fourth-order valence-electron chi connectivity index (χ4n) is 1.76. The van der Waals surface area contributed by atoms with Gasteiger partial charge in [0.25, 0.3) is 0 Å². The first-order chi connectivity index (χ1) is 8.02. The first kappa shape index (κ1) is 12.2. The number of aromatic carboxylic acids is 1. The average Bonchev–Trinajstić information content (AvgIpc) is 2.76. The smallest absolute Gasteiger partial charge is 0.336 e. The maximum atomic E-state index is 11.1. The molecule has 2 rings (SSSR count). The van der Waals surface area contributed by atoms with Gasteiger partial charge in [-0.15, -0.1) is 0 Å². The minimum absolute atomic E-state index is 0.129. The fourth-order valence-corrected chi connectivity index (χ4v) is 2.27. The van der Waals surface area contributed by atoms with Gasteiger partial charge in [-0.3, -0.25) is 0 Å². The highest BCUT2D eigenvalue weighted by molar-refractivity contribution is 6.44. The lowest BCUT2D eigenvalue weighted by Crippen LogP contribution is -2.08. The molecule has 0 fully saturated rings. The predicted molar refractivity (Wildman–Crippen MR) is 65.3 cm³/mol. The molecular formula is C11H9Cl2NO3. The number of benzene rings is 1. The van der Waals surface area contributed by atoms with Gasteiger partial charge in [-0.05, 0) is 18.6 Å². The third-order valence-corrected chi connectivity index (χ3v) is 3.39. The van der Waals surface area contributed by atoms with E-state index in [1.165, 1.54) is 6.07 Å². The zero-order valence-corrected chi connectivity index (χ0v) is 10.5. The summed E-state index contributed by atoms with van der Waals surface area (Å²) in [6.07, 6.45) is 0.597. The number of carboxylic acids is 1. The zero-order chi connectivity index (χ0) is 12.6. The second kappa shape index (κ2) is 4.55. The molecule has 1 aliphatic rings. The van der Waals surface area contributed by atoms with Crippen LogP contribution in [0.1, 0.15) is 27.9 Å². The van der Waals surface area contributed by atoms with Crippen molar-refractivity contribution < 1.29 is 14.7 Å². The van der Waals surface area contributed by atoms with Crippen LogP contribution in [0.2, 0.25) is 10.0 Å². The van der Waals surface area contributed by atoms with Gasteiger partial charge in [0, 0.05) is 12.0 Å². The van der Waals surface area contributed by atoms with Crippen molar-refractivity contribution in [1.29, 1.82) is 0 Å². The molecule has 1 aromatic rings. The largest absolute Gasteiger partial charge is 0.478 e. The van der Waals surface area contributed by atoms with Gasteiger partial charge in [0.1, 0.15) is 6.61 Å². The van der Waals surface area contributed by atoms with E-state index >= 15 is 0 Å². The van der Waals surface area contributed by atoms with E-state index in [4.69, 9.17) is 33.1 Å². The maximum absolute atomic E-state index is 11.1. The maximum Gasteiger partial charge on any atom is 0.336 e. The quantitative estimate of drug-likeness (QED) is 0.901. The van der Waals surface area contributed by atoms with Crippen LogP contribution in [0.15, 0.2) is 11.2 Å². The van der Waals surface area contributed by atoms with Crippen molar-refractivity contribution in [2.75, 3.05) is 6.61 Å². The number of carbonyl (C=O) groups is 1. The number of hydrogen-bond donors (Lipinski definition) is 1. The lowest BCUT2D eigenvalue weighted by molar-refractivity contribution is 0.0696. The molecule has 6 heteroatoms. The lowest BCUT2D eigenvalue weighted by Gasteiger charge is -2.11. The molecule has 1 aromatic carbocycles. The van der Waals surface area contributed by atoms with E-state index in [1.807, 2.05) is 0 Å². The number of rotatable bonds is 2. The number of carboxylic acid groups (broad SMARTS) is 1.